The molecule has 5 heteroatoms. The van der Waals surface area contributed by atoms with Crippen LogP contribution in [0.4, 0.5) is 0 Å². The van der Waals surface area contributed by atoms with E-state index in [9.17, 15) is 0 Å². The van der Waals surface area contributed by atoms with Crippen molar-refractivity contribution in [3.05, 3.63) is 71.6 Å². The summed E-state index contributed by atoms with van der Waals surface area (Å²) in [5.74, 6) is 1.50. The van der Waals surface area contributed by atoms with E-state index >= 15 is 0 Å². The summed E-state index contributed by atoms with van der Waals surface area (Å²) < 4.78 is 10.9. The predicted molar refractivity (Wildman–Crippen MR) is 110 cm³/mol. The van der Waals surface area contributed by atoms with E-state index in [1.807, 2.05) is 24.3 Å². The highest BCUT2D eigenvalue weighted by atomic mass is 16.5. The Bertz CT molecular complexity index is 896. The van der Waals surface area contributed by atoms with Gasteiger partial charge in [-0.1, -0.05) is 24.3 Å². The number of rotatable bonds is 6. The summed E-state index contributed by atoms with van der Waals surface area (Å²) >= 11 is 0. The molecule has 3 aromatic rings. The zero-order valence-electron chi connectivity index (χ0n) is 16.6. The van der Waals surface area contributed by atoms with Crippen LogP contribution in [0.15, 0.2) is 59.2 Å². The van der Waals surface area contributed by atoms with Crippen LogP contribution in [0, 0.1) is 6.92 Å². The number of oxazole rings is 1. The molecule has 0 unspecified atom stereocenters. The van der Waals surface area contributed by atoms with E-state index in [0.29, 0.717) is 5.89 Å². The lowest BCUT2D eigenvalue weighted by atomic mass is 10.1. The lowest BCUT2D eigenvalue weighted by Gasteiger charge is -2.34. The molecule has 1 fully saturated rings. The first-order chi connectivity index (χ1) is 13.7. The number of hydrogen-bond acceptors (Lipinski definition) is 5. The molecule has 1 aromatic heterocycles. The van der Waals surface area contributed by atoms with E-state index in [-0.39, 0.29) is 0 Å². The summed E-state index contributed by atoms with van der Waals surface area (Å²) in [5.41, 5.74) is 4.75. The lowest BCUT2D eigenvalue weighted by molar-refractivity contribution is 0.121. The molecule has 146 valence electrons. The Hall–Kier alpha value is -2.63. The van der Waals surface area contributed by atoms with Crippen LogP contribution in [0.1, 0.15) is 16.8 Å². The molecule has 1 aliphatic rings. The maximum absolute atomic E-state index is 5.69. The summed E-state index contributed by atoms with van der Waals surface area (Å²) in [7, 11) is 1.67. The molecule has 0 spiro atoms. The minimum absolute atomic E-state index is 0.663. The molecule has 5 nitrogen and oxygen atoms in total. The van der Waals surface area contributed by atoms with E-state index < -0.39 is 0 Å². The second-order valence-electron chi connectivity index (χ2n) is 7.35. The van der Waals surface area contributed by atoms with Crippen molar-refractivity contribution in [1.82, 2.24) is 14.8 Å². The summed E-state index contributed by atoms with van der Waals surface area (Å²) in [4.78, 5) is 9.65. The van der Waals surface area contributed by atoms with Gasteiger partial charge in [0.2, 0.25) is 5.89 Å². The van der Waals surface area contributed by atoms with Crippen LogP contribution >= 0.6 is 0 Å². The highest BCUT2D eigenvalue weighted by molar-refractivity contribution is 5.54. The highest BCUT2D eigenvalue weighted by Crippen LogP contribution is 2.22. The quantitative estimate of drug-likeness (QED) is 0.650. The van der Waals surface area contributed by atoms with Gasteiger partial charge in [0, 0.05) is 44.8 Å². The molecule has 0 amide bonds. The van der Waals surface area contributed by atoms with Gasteiger partial charge in [0.05, 0.1) is 12.8 Å². The Morgan fingerprint density at radius 3 is 2.29 bits per heavy atom. The Labute approximate surface area is 166 Å². The van der Waals surface area contributed by atoms with E-state index in [1.165, 1.54) is 11.1 Å². The van der Waals surface area contributed by atoms with Crippen molar-refractivity contribution in [3.8, 4) is 17.2 Å². The van der Waals surface area contributed by atoms with Crippen LogP contribution in [-0.2, 0) is 13.1 Å². The second-order valence-corrected chi connectivity index (χ2v) is 7.35. The van der Waals surface area contributed by atoms with E-state index in [0.717, 1.165) is 56.3 Å². The molecule has 28 heavy (non-hydrogen) atoms. The van der Waals surface area contributed by atoms with Crippen LogP contribution < -0.4 is 4.74 Å². The maximum atomic E-state index is 5.69. The lowest BCUT2D eigenvalue weighted by Crippen LogP contribution is -2.45. The number of aromatic nitrogens is 1. The van der Waals surface area contributed by atoms with E-state index in [1.54, 1.807) is 13.4 Å². The first-order valence-corrected chi connectivity index (χ1v) is 9.79. The third-order valence-corrected chi connectivity index (χ3v) is 5.39. The Balaban J connectivity index is 1.30. The second kappa shape index (κ2) is 8.59. The maximum Gasteiger partial charge on any atom is 0.226 e. The fourth-order valence-electron chi connectivity index (χ4n) is 3.61. The normalized spacial score (nSPS) is 15.6. The molecule has 1 saturated heterocycles. The summed E-state index contributed by atoms with van der Waals surface area (Å²) in [5, 5.41) is 0. The molecule has 1 aliphatic heterocycles. The third kappa shape index (κ3) is 4.43. The molecule has 0 aliphatic carbocycles. The summed E-state index contributed by atoms with van der Waals surface area (Å²) in [6.45, 7) is 8.32. The predicted octanol–water partition coefficient (Wildman–Crippen LogP) is 3.98. The molecule has 0 N–H and O–H groups in total. The van der Waals surface area contributed by atoms with Crippen LogP contribution in [0.3, 0.4) is 0 Å². The average Bonchev–Trinajstić information content (AvgIpc) is 3.20. The van der Waals surface area contributed by atoms with Crippen molar-refractivity contribution >= 4 is 0 Å². The average molecular weight is 377 g/mol. The molecule has 0 bridgehead atoms. The van der Waals surface area contributed by atoms with Gasteiger partial charge in [0.25, 0.3) is 0 Å². The van der Waals surface area contributed by atoms with Gasteiger partial charge in [0.15, 0.2) is 0 Å². The first-order valence-electron chi connectivity index (χ1n) is 9.79. The first kappa shape index (κ1) is 18.7. The number of nitrogens with zero attached hydrogens (tertiary/aromatic N) is 3. The zero-order valence-corrected chi connectivity index (χ0v) is 16.6. The van der Waals surface area contributed by atoms with Crippen LogP contribution in [0.25, 0.3) is 11.5 Å². The van der Waals surface area contributed by atoms with Crippen molar-refractivity contribution < 1.29 is 9.15 Å². The topological polar surface area (TPSA) is 41.7 Å². The Morgan fingerprint density at radius 1 is 0.929 bits per heavy atom. The molecule has 4 rings (SSSR count). The van der Waals surface area contributed by atoms with Crippen molar-refractivity contribution in [2.75, 3.05) is 33.3 Å². The van der Waals surface area contributed by atoms with Gasteiger partial charge >= 0.3 is 0 Å². The Morgan fingerprint density at radius 2 is 1.61 bits per heavy atom. The van der Waals surface area contributed by atoms with Crippen molar-refractivity contribution in [1.29, 1.82) is 0 Å². The summed E-state index contributed by atoms with van der Waals surface area (Å²) in [6, 6.07) is 16.4. The largest absolute Gasteiger partial charge is 0.497 e. The zero-order chi connectivity index (χ0) is 19.3. The minimum atomic E-state index is 0.663. The van der Waals surface area contributed by atoms with E-state index in [4.69, 9.17) is 9.15 Å². The van der Waals surface area contributed by atoms with Crippen molar-refractivity contribution in [2.24, 2.45) is 0 Å². The summed E-state index contributed by atoms with van der Waals surface area (Å²) in [6.07, 6.45) is 1.78. The number of hydrogen-bond donors (Lipinski definition) is 0. The molecule has 0 atom stereocenters. The smallest absolute Gasteiger partial charge is 0.226 e. The SMILES string of the molecule is COc1ccc(-c2nc(CN3CCN(Cc4ccccc4C)CC3)co2)cc1. The molecule has 2 heterocycles. The highest BCUT2D eigenvalue weighted by Gasteiger charge is 2.19. The fraction of sp³-hybridized carbons (Fsp3) is 0.348. The third-order valence-electron chi connectivity index (χ3n) is 5.39. The molecular weight excluding hydrogens is 350 g/mol. The molecule has 0 saturated carbocycles. The van der Waals surface area contributed by atoms with Crippen LogP contribution in [0.2, 0.25) is 0 Å². The van der Waals surface area contributed by atoms with Crippen LogP contribution in [-0.4, -0.2) is 48.1 Å². The van der Waals surface area contributed by atoms with Gasteiger partial charge in [-0.25, -0.2) is 4.98 Å². The van der Waals surface area contributed by atoms with Gasteiger partial charge in [-0.2, -0.15) is 0 Å². The van der Waals surface area contributed by atoms with Gasteiger partial charge < -0.3 is 9.15 Å². The standard InChI is InChI=1S/C23H27N3O2/c1-18-5-3-4-6-20(18)15-25-11-13-26(14-12-25)16-21-17-28-23(24-21)19-7-9-22(27-2)10-8-19/h3-10,17H,11-16H2,1-2H3. The number of piperazine rings is 1. The van der Waals surface area contributed by atoms with Gasteiger partial charge in [-0.05, 0) is 42.3 Å². The van der Waals surface area contributed by atoms with Gasteiger partial charge in [0.1, 0.15) is 12.0 Å². The van der Waals surface area contributed by atoms with Gasteiger partial charge in [-0.15, -0.1) is 0 Å². The van der Waals surface area contributed by atoms with Crippen molar-refractivity contribution in [2.45, 2.75) is 20.0 Å². The van der Waals surface area contributed by atoms with Gasteiger partial charge in [-0.3, -0.25) is 9.80 Å². The number of aryl methyl sites for hydroxylation is 1. The number of ether oxygens (including phenoxy) is 1. The molecular formula is C23H27N3O2. The molecule has 0 radical (unpaired) electrons. The molecule has 2 aromatic carbocycles. The fourth-order valence-corrected chi connectivity index (χ4v) is 3.61. The number of methoxy groups -OCH3 is 1. The minimum Gasteiger partial charge on any atom is -0.497 e. The Kier molecular flexibility index (Phi) is 5.74. The van der Waals surface area contributed by atoms with E-state index in [2.05, 4.69) is 46.0 Å². The number of benzene rings is 2. The van der Waals surface area contributed by atoms with Crippen LogP contribution in [0.5, 0.6) is 5.75 Å². The monoisotopic (exact) mass is 377 g/mol. The van der Waals surface area contributed by atoms with Crippen molar-refractivity contribution in [3.63, 3.8) is 0 Å².